The van der Waals surface area contributed by atoms with Crippen molar-refractivity contribution in [1.29, 1.82) is 0 Å². The molecule has 0 aromatic heterocycles. The second-order valence-electron chi connectivity index (χ2n) is 10.6. The van der Waals surface area contributed by atoms with Gasteiger partial charge in [0.1, 0.15) is 11.5 Å². The van der Waals surface area contributed by atoms with Gasteiger partial charge in [-0.2, -0.15) is 8.42 Å². The molecule has 7 nitrogen and oxygen atoms in total. The summed E-state index contributed by atoms with van der Waals surface area (Å²) in [7, 11) is -0.0613. The molecule has 218 valence electrons. The average Bonchev–Trinajstić information content (AvgIpc) is 2.93. The number of hydrogen-bond acceptors (Lipinski definition) is 6. The van der Waals surface area contributed by atoms with Crippen molar-refractivity contribution in [3.05, 3.63) is 57.6 Å². The fourth-order valence-electron chi connectivity index (χ4n) is 5.87. The van der Waals surface area contributed by atoms with Gasteiger partial charge in [-0.3, -0.25) is 4.55 Å². The van der Waals surface area contributed by atoms with Crippen molar-refractivity contribution >= 4 is 10.1 Å². The molecule has 0 heterocycles. The molecule has 0 unspecified atom stereocenters. The van der Waals surface area contributed by atoms with E-state index in [9.17, 15) is 8.42 Å². The number of fused-ring (bicyclic) bond motifs is 2. The molecule has 0 saturated carbocycles. The molecule has 3 N–H and O–H groups in total. The lowest BCUT2D eigenvalue weighted by Crippen LogP contribution is -2.23. The number of ether oxygens (including phenoxy) is 2. The smallest absolute Gasteiger partial charge is 0.261 e. The van der Waals surface area contributed by atoms with Crippen LogP contribution in [0.25, 0.3) is 0 Å². The summed E-state index contributed by atoms with van der Waals surface area (Å²) in [5, 5.41) is 7.32. The first-order valence-corrected chi connectivity index (χ1v) is 16.4. The predicted molar refractivity (Wildman–Crippen MR) is 159 cm³/mol. The molecule has 4 rings (SSSR count). The molecule has 0 spiro atoms. The Morgan fingerprint density at radius 1 is 0.692 bits per heavy atom. The van der Waals surface area contributed by atoms with Crippen molar-refractivity contribution < 1.29 is 22.4 Å². The van der Waals surface area contributed by atoms with E-state index < -0.39 is 10.1 Å². The van der Waals surface area contributed by atoms with E-state index in [-0.39, 0.29) is 0 Å². The van der Waals surface area contributed by atoms with E-state index in [0.29, 0.717) is 6.26 Å². The maximum Gasteiger partial charge on any atom is 0.261 e. The van der Waals surface area contributed by atoms with Gasteiger partial charge in [0, 0.05) is 0 Å². The Morgan fingerprint density at radius 3 is 1.46 bits per heavy atom. The second-order valence-corrected chi connectivity index (χ2v) is 12.1. The van der Waals surface area contributed by atoms with Gasteiger partial charge in [0.2, 0.25) is 0 Å². The molecule has 0 amide bonds. The van der Waals surface area contributed by atoms with E-state index in [4.69, 9.17) is 14.0 Å². The van der Waals surface area contributed by atoms with E-state index in [0.717, 1.165) is 50.5 Å². The van der Waals surface area contributed by atoms with Crippen LogP contribution in [0, 0.1) is 0 Å². The number of nitrogens with one attached hydrogen (secondary N) is 2. The van der Waals surface area contributed by atoms with Crippen molar-refractivity contribution in [1.82, 2.24) is 10.6 Å². The zero-order chi connectivity index (χ0) is 28.1. The zero-order valence-corrected chi connectivity index (χ0v) is 24.9. The monoisotopic (exact) mass is 560 g/mol. The van der Waals surface area contributed by atoms with Crippen LogP contribution in [-0.4, -0.2) is 59.6 Å². The van der Waals surface area contributed by atoms with Crippen molar-refractivity contribution in [2.45, 2.75) is 77.0 Å². The third-order valence-electron chi connectivity index (χ3n) is 7.72. The first kappa shape index (κ1) is 31.4. The van der Waals surface area contributed by atoms with E-state index >= 15 is 0 Å². The van der Waals surface area contributed by atoms with Gasteiger partial charge < -0.3 is 20.1 Å². The van der Waals surface area contributed by atoms with Gasteiger partial charge in [-0.05, 0) is 149 Å². The van der Waals surface area contributed by atoms with Crippen molar-refractivity contribution in [2.24, 2.45) is 0 Å². The third-order valence-corrected chi connectivity index (χ3v) is 7.72. The fraction of sp³-hybridized carbons (Fsp3) is 0.613. The Morgan fingerprint density at radius 2 is 1.08 bits per heavy atom. The summed E-state index contributed by atoms with van der Waals surface area (Å²) >= 11 is 0. The number of rotatable bonds is 13. The molecule has 2 aromatic rings. The minimum absolute atomic E-state index is 0.715. The van der Waals surface area contributed by atoms with E-state index in [1.165, 1.54) is 75.3 Å². The van der Waals surface area contributed by atoms with Crippen LogP contribution < -0.4 is 20.1 Å². The van der Waals surface area contributed by atoms with Crippen LogP contribution >= 0.6 is 0 Å². The molecule has 0 saturated heterocycles. The first-order valence-electron chi connectivity index (χ1n) is 14.5. The van der Waals surface area contributed by atoms with Crippen molar-refractivity contribution in [3.63, 3.8) is 0 Å². The Balaban J connectivity index is 0.000000771. The lowest BCUT2D eigenvalue weighted by atomic mass is 9.86. The van der Waals surface area contributed by atoms with E-state index in [1.54, 1.807) is 36.5 Å². The molecule has 39 heavy (non-hydrogen) atoms. The highest BCUT2D eigenvalue weighted by molar-refractivity contribution is 7.85. The minimum Gasteiger partial charge on any atom is -0.496 e. The molecular formula is C31H48N2O5S. The molecule has 2 aromatic carbocycles. The molecule has 0 bridgehead atoms. The zero-order valence-electron chi connectivity index (χ0n) is 24.1. The summed E-state index contributed by atoms with van der Waals surface area (Å²) in [5.74, 6) is 2.14. The summed E-state index contributed by atoms with van der Waals surface area (Å²) in [4.78, 5) is 0. The fourth-order valence-corrected chi connectivity index (χ4v) is 5.87. The summed E-state index contributed by atoms with van der Waals surface area (Å²) in [6, 6.07) is 8.90. The van der Waals surface area contributed by atoms with Gasteiger partial charge in [-0.25, -0.2) is 0 Å². The largest absolute Gasteiger partial charge is 0.496 e. The van der Waals surface area contributed by atoms with Crippen LogP contribution in [0.1, 0.15) is 71.9 Å². The molecule has 0 atom stereocenters. The highest BCUT2D eigenvalue weighted by Crippen LogP contribution is 2.32. The number of hydrogen-bond donors (Lipinski definition) is 3. The molecule has 2 aliphatic rings. The van der Waals surface area contributed by atoms with Crippen LogP contribution in [0.5, 0.6) is 11.5 Å². The normalized spacial score (nSPS) is 14.6. The van der Waals surface area contributed by atoms with E-state index in [1.807, 2.05) is 0 Å². The molecule has 0 radical (unpaired) electrons. The van der Waals surface area contributed by atoms with Gasteiger partial charge in [0.25, 0.3) is 10.1 Å². The SMILES string of the molecule is COc1ccc2c(c1CCNCCCCNCCc1c(OC)ccc3c1CCCC3)CCCC2.CS(=O)(=O)O. The van der Waals surface area contributed by atoms with Crippen LogP contribution in [0.15, 0.2) is 24.3 Å². The summed E-state index contributed by atoms with van der Waals surface area (Å²) in [5.41, 5.74) is 9.09. The lowest BCUT2D eigenvalue weighted by molar-refractivity contribution is 0.407. The third kappa shape index (κ3) is 10.4. The highest BCUT2D eigenvalue weighted by atomic mass is 32.2. The molecule has 0 fully saturated rings. The van der Waals surface area contributed by atoms with Crippen molar-refractivity contribution in [3.8, 4) is 11.5 Å². The van der Waals surface area contributed by atoms with Gasteiger partial charge in [-0.1, -0.05) is 12.1 Å². The quantitative estimate of drug-likeness (QED) is 0.241. The summed E-state index contributed by atoms with van der Waals surface area (Å²) in [6.07, 6.45) is 15.4. The number of aryl methyl sites for hydroxylation is 2. The van der Waals surface area contributed by atoms with E-state index in [2.05, 4.69) is 34.9 Å². The molecule has 8 heteroatoms. The van der Waals surface area contributed by atoms with Gasteiger partial charge in [0.05, 0.1) is 20.5 Å². The molecule has 2 aliphatic carbocycles. The van der Waals surface area contributed by atoms with Crippen LogP contribution in [0.3, 0.4) is 0 Å². The Hall–Kier alpha value is -2.13. The lowest BCUT2D eigenvalue weighted by Gasteiger charge is -2.22. The van der Waals surface area contributed by atoms with Crippen LogP contribution in [-0.2, 0) is 48.6 Å². The second kappa shape index (κ2) is 16.2. The summed E-state index contributed by atoms with van der Waals surface area (Å²) < 4.78 is 37.2. The predicted octanol–water partition coefficient (Wildman–Crippen LogP) is 4.71. The summed E-state index contributed by atoms with van der Waals surface area (Å²) in [6.45, 7) is 4.22. The van der Waals surface area contributed by atoms with Gasteiger partial charge in [-0.15, -0.1) is 0 Å². The first-order chi connectivity index (χ1) is 18.8. The minimum atomic E-state index is -3.67. The maximum atomic E-state index is 9.19. The van der Waals surface area contributed by atoms with Crippen LogP contribution in [0.2, 0.25) is 0 Å². The maximum absolute atomic E-state index is 9.19. The number of methoxy groups -OCH3 is 2. The topological polar surface area (TPSA) is 96.9 Å². The Labute approximate surface area is 235 Å². The Bertz CT molecular complexity index is 1070. The number of unbranched alkanes of at least 4 members (excludes halogenated alkanes) is 1. The van der Waals surface area contributed by atoms with Gasteiger partial charge >= 0.3 is 0 Å². The average molecular weight is 561 g/mol. The Kier molecular flexibility index (Phi) is 13.1. The molecular weight excluding hydrogens is 512 g/mol. The van der Waals surface area contributed by atoms with Crippen molar-refractivity contribution in [2.75, 3.05) is 46.7 Å². The standard InChI is InChI=1S/C30H44N2O2.CH4O3S/c1-33-29-15-13-23-9-3-5-11-25(23)27(29)17-21-31-19-7-8-20-32-22-18-28-26-12-6-4-10-24(26)14-16-30(28)34-2;1-5(2,3)4/h13-16,31-32H,3-12,17-22H2,1-2H3;1H3,(H,2,3,4). The van der Waals surface area contributed by atoms with Crippen LogP contribution in [0.4, 0.5) is 0 Å². The molecule has 0 aliphatic heterocycles. The highest BCUT2D eigenvalue weighted by Gasteiger charge is 2.18. The van der Waals surface area contributed by atoms with Gasteiger partial charge in [0.15, 0.2) is 0 Å². The number of benzene rings is 2.